The van der Waals surface area contributed by atoms with Crippen LogP contribution in [0.2, 0.25) is 5.02 Å². The Labute approximate surface area is 84.1 Å². The van der Waals surface area contributed by atoms with Crippen molar-refractivity contribution in [2.75, 3.05) is 6.54 Å². The lowest BCUT2D eigenvalue weighted by atomic mass is 10.0. The van der Waals surface area contributed by atoms with Crippen molar-refractivity contribution in [1.29, 1.82) is 0 Å². The van der Waals surface area contributed by atoms with E-state index < -0.39 is 0 Å². The largest absolute Gasteiger partial charge is 0.310 e. The Morgan fingerprint density at radius 2 is 2.31 bits per heavy atom. The zero-order chi connectivity index (χ0) is 9.26. The molecule has 2 heteroatoms. The van der Waals surface area contributed by atoms with E-state index >= 15 is 0 Å². The van der Waals surface area contributed by atoms with E-state index in [0.717, 1.165) is 11.6 Å². The van der Waals surface area contributed by atoms with Crippen LogP contribution in [0.25, 0.3) is 0 Å². The highest BCUT2D eigenvalue weighted by Gasteiger charge is 2.18. The molecule has 0 amide bonds. The molecule has 1 saturated heterocycles. The minimum Gasteiger partial charge on any atom is -0.310 e. The standard InChI is InChI=1S/C11H14ClN/c1-8-4-5-9(10(12)7-8)11-3-2-6-13-11/h4-5,7,11,13H,2-3,6H2,1H3. The fraction of sp³-hybridized carbons (Fsp3) is 0.455. The highest BCUT2D eigenvalue weighted by molar-refractivity contribution is 6.31. The molecule has 0 saturated carbocycles. The van der Waals surface area contributed by atoms with Crippen LogP contribution in [0, 0.1) is 6.92 Å². The van der Waals surface area contributed by atoms with Crippen LogP contribution in [0.1, 0.15) is 30.0 Å². The average molecular weight is 196 g/mol. The molecule has 1 N–H and O–H groups in total. The summed E-state index contributed by atoms with van der Waals surface area (Å²) in [6, 6.07) is 6.78. The van der Waals surface area contributed by atoms with Gasteiger partial charge in [0.2, 0.25) is 0 Å². The molecule has 1 aromatic carbocycles. The first-order chi connectivity index (χ1) is 6.27. The van der Waals surface area contributed by atoms with Crippen LogP contribution < -0.4 is 5.32 Å². The third-order valence-electron chi connectivity index (χ3n) is 2.59. The van der Waals surface area contributed by atoms with Gasteiger partial charge >= 0.3 is 0 Å². The summed E-state index contributed by atoms with van der Waals surface area (Å²) in [6.45, 7) is 3.19. The molecule has 1 aliphatic rings. The maximum absolute atomic E-state index is 6.17. The van der Waals surface area contributed by atoms with Crippen LogP contribution in [0.4, 0.5) is 0 Å². The summed E-state index contributed by atoms with van der Waals surface area (Å²) in [5, 5.41) is 4.35. The van der Waals surface area contributed by atoms with Gasteiger partial charge in [0.25, 0.3) is 0 Å². The maximum atomic E-state index is 6.17. The SMILES string of the molecule is Cc1ccc(C2CCCN2)c(Cl)c1. The monoisotopic (exact) mass is 195 g/mol. The highest BCUT2D eigenvalue weighted by Crippen LogP contribution is 2.29. The molecule has 1 unspecified atom stereocenters. The average Bonchev–Trinajstić information content (AvgIpc) is 2.56. The Hall–Kier alpha value is -0.530. The number of aryl methyl sites for hydroxylation is 1. The van der Waals surface area contributed by atoms with Crippen molar-refractivity contribution in [3.8, 4) is 0 Å². The van der Waals surface area contributed by atoms with Crippen LogP contribution in [-0.2, 0) is 0 Å². The topological polar surface area (TPSA) is 12.0 Å². The van der Waals surface area contributed by atoms with Crippen LogP contribution in [0.5, 0.6) is 0 Å². The molecule has 0 radical (unpaired) electrons. The first kappa shape index (κ1) is 9.04. The molecular weight excluding hydrogens is 182 g/mol. The van der Waals surface area contributed by atoms with Gasteiger partial charge in [0, 0.05) is 11.1 Å². The number of halogens is 1. The molecule has 0 bridgehead atoms. The van der Waals surface area contributed by atoms with Gasteiger partial charge in [-0.15, -0.1) is 0 Å². The van der Waals surface area contributed by atoms with Crippen molar-refractivity contribution in [1.82, 2.24) is 5.32 Å². The van der Waals surface area contributed by atoms with Gasteiger partial charge in [-0.05, 0) is 43.5 Å². The van der Waals surface area contributed by atoms with Gasteiger partial charge in [0.1, 0.15) is 0 Å². The zero-order valence-electron chi connectivity index (χ0n) is 7.81. The van der Waals surface area contributed by atoms with E-state index in [0.29, 0.717) is 6.04 Å². The Morgan fingerprint density at radius 3 is 2.92 bits per heavy atom. The van der Waals surface area contributed by atoms with Crippen LogP contribution in [0.3, 0.4) is 0 Å². The van der Waals surface area contributed by atoms with E-state index in [4.69, 9.17) is 11.6 Å². The second-order valence-corrected chi connectivity index (χ2v) is 4.08. The van der Waals surface area contributed by atoms with Crippen LogP contribution in [0.15, 0.2) is 18.2 Å². The molecule has 1 heterocycles. The molecule has 0 spiro atoms. The van der Waals surface area contributed by atoms with Crippen LogP contribution >= 0.6 is 11.6 Å². The lowest BCUT2D eigenvalue weighted by molar-refractivity contribution is 0.648. The van der Waals surface area contributed by atoms with Gasteiger partial charge in [-0.3, -0.25) is 0 Å². The van der Waals surface area contributed by atoms with Gasteiger partial charge in [0.15, 0.2) is 0 Å². The Balaban J connectivity index is 2.29. The summed E-state index contributed by atoms with van der Waals surface area (Å²) in [5.41, 5.74) is 2.48. The van der Waals surface area contributed by atoms with E-state index in [-0.39, 0.29) is 0 Å². The minimum atomic E-state index is 0.480. The number of benzene rings is 1. The van der Waals surface area contributed by atoms with E-state index in [1.807, 2.05) is 6.07 Å². The molecule has 1 aromatic rings. The van der Waals surface area contributed by atoms with E-state index in [2.05, 4.69) is 24.4 Å². The molecule has 2 rings (SSSR count). The number of nitrogens with one attached hydrogen (secondary N) is 1. The van der Waals surface area contributed by atoms with Crippen LogP contribution in [-0.4, -0.2) is 6.54 Å². The molecule has 0 aromatic heterocycles. The molecule has 0 aliphatic carbocycles. The van der Waals surface area contributed by atoms with Gasteiger partial charge < -0.3 is 5.32 Å². The third kappa shape index (κ3) is 1.87. The van der Waals surface area contributed by atoms with Gasteiger partial charge in [-0.1, -0.05) is 23.7 Å². The molecule has 13 heavy (non-hydrogen) atoms. The smallest absolute Gasteiger partial charge is 0.0456 e. The predicted octanol–water partition coefficient (Wildman–Crippen LogP) is 3.07. The first-order valence-electron chi connectivity index (χ1n) is 4.77. The second-order valence-electron chi connectivity index (χ2n) is 3.67. The predicted molar refractivity (Wildman–Crippen MR) is 56.2 cm³/mol. The summed E-state index contributed by atoms with van der Waals surface area (Å²) < 4.78 is 0. The molecule has 1 nitrogen and oxygen atoms in total. The Morgan fingerprint density at radius 1 is 1.46 bits per heavy atom. The third-order valence-corrected chi connectivity index (χ3v) is 2.92. The fourth-order valence-electron chi connectivity index (χ4n) is 1.86. The van der Waals surface area contributed by atoms with E-state index in [9.17, 15) is 0 Å². The van der Waals surface area contributed by atoms with E-state index in [1.165, 1.54) is 24.0 Å². The molecule has 1 aliphatic heterocycles. The van der Waals surface area contributed by atoms with Crippen molar-refractivity contribution in [3.63, 3.8) is 0 Å². The Bertz CT molecular complexity index is 303. The summed E-state index contributed by atoms with van der Waals surface area (Å²) >= 11 is 6.17. The normalized spacial score (nSPS) is 22.2. The quantitative estimate of drug-likeness (QED) is 0.727. The highest BCUT2D eigenvalue weighted by atomic mass is 35.5. The Kier molecular flexibility index (Phi) is 2.56. The fourth-order valence-corrected chi connectivity index (χ4v) is 2.23. The minimum absolute atomic E-state index is 0.480. The van der Waals surface area contributed by atoms with Crippen molar-refractivity contribution in [3.05, 3.63) is 34.3 Å². The second kappa shape index (κ2) is 3.69. The number of hydrogen-bond acceptors (Lipinski definition) is 1. The van der Waals surface area contributed by atoms with Gasteiger partial charge in [-0.25, -0.2) is 0 Å². The van der Waals surface area contributed by atoms with Gasteiger partial charge in [-0.2, -0.15) is 0 Å². The van der Waals surface area contributed by atoms with Crippen molar-refractivity contribution < 1.29 is 0 Å². The summed E-state index contributed by atoms with van der Waals surface area (Å²) in [6.07, 6.45) is 2.47. The number of hydrogen-bond donors (Lipinski definition) is 1. The van der Waals surface area contributed by atoms with Crippen molar-refractivity contribution >= 4 is 11.6 Å². The lowest BCUT2D eigenvalue weighted by Crippen LogP contribution is -2.13. The lowest BCUT2D eigenvalue weighted by Gasteiger charge is -2.12. The first-order valence-corrected chi connectivity index (χ1v) is 5.14. The maximum Gasteiger partial charge on any atom is 0.0456 e. The summed E-state index contributed by atoms with van der Waals surface area (Å²) in [4.78, 5) is 0. The molecule has 1 fully saturated rings. The molecule has 1 atom stereocenters. The molecule has 70 valence electrons. The molecular formula is C11H14ClN. The summed E-state index contributed by atoms with van der Waals surface area (Å²) in [7, 11) is 0. The van der Waals surface area contributed by atoms with E-state index in [1.54, 1.807) is 0 Å². The summed E-state index contributed by atoms with van der Waals surface area (Å²) in [5.74, 6) is 0. The van der Waals surface area contributed by atoms with Gasteiger partial charge in [0.05, 0.1) is 0 Å². The van der Waals surface area contributed by atoms with Crippen molar-refractivity contribution in [2.45, 2.75) is 25.8 Å². The zero-order valence-corrected chi connectivity index (χ0v) is 8.56. The van der Waals surface area contributed by atoms with Crippen molar-refractivity contribution in [2.24, 2.45) is 0 Å². The number of rotatable bonds is 1.